The van der Waals surface area contributed by atoms with Crippen molar-refractivity contribution in [2.45, 2.75) is 25.9 Å². The molecule has 21 heavy (non-hydrogen) atoms. The van der Waals surface area contributed by atoms with Crippen molar-refractivity contribution in [1.82, 2.24) is 0 Å². The van der Waals surface area contributed by atoms with E-state index >= 15 is 0 Å². The summed E-state index contributed by atoms with van der Waals surface area (Å²) in [5.41, 5.74) is 0.614. The molecular formula is C16H22O5. The Labute approximate surface area is 124 Å². The number of rotatable bonds is 5. The van der Waals surface area contributed by atoms with Crippen LogP contribution in [0.15, 0.2) is 18.2 Å². The Balaban J connectivity index is 2.30. The summed E-state index contributed by atoms with van der Waals surface area (Å²) >= 11 is 0. The Morgan fingerprint density at radius 1 is 1.29 bits per heavy atom. The molecule has 0 amide bonds. The predicted molar refractivity (Wildman–Crippen MR) is 77.5 cm³/mol. The fourth-order valence-electron chi connectivity index (χ4n) is 3.26. The lowest BCUT2D eigenvalue weighted by Crippen LogP contribution is -2.24. The van der Waals surface area contributed by atoms with Crippen molar-refractivity contribution >= 4 is 5.97 Å². The van der Waals surface area contributed by atoms with Gasteiger partial charge >= 0.3 is 5.97 Å². The van der Waals surface area contributed by atoms with Gasteiger partial charge in [-0.25, -0.2) is 0 Å². The van der Waals surface area contributed by atoms with Crippen LogP contribution in [0.5, 0.6) is 11.5 Å². The standard InChI is InChI=1S/C16H22O5/c1-9-6-12(13(7-9)16(18)19)15(17)11-5-4-10(20-2)8-14(11)21-3/h4-5,8-9,12-13,15,17H,6-7H2,1-3H3,(H,18,19). The van der Waals surface area contributed by atoms with E-state index in [1.54, 1.807) is 25.3 Å². The molecule has 0 saturated heterocycles. The molecule has 0 aliphatic heterocycles. The molecule has 0 heterocycles. The molecule has 1 aliphatic rings. The van der Waals surface area contributed by atoms with Crippen LogP contribution in [0.25, 0.3) is 0 Å². The second kappa shape index (κ2) is 6.35. The van der Waals surface area contributed by atoms with Gasteiger partial charge in [0.15, 0.2) is 0 Å². The molecule has 5 nitrogen and oxygen atoms in total. The average Bonchev–Trinajstić information content (AvgIpc) is 2.88. The van der Waals surface area contributed by atoms with Gasteiger partial charge in [-0.2, -0.15) is 0 Å². The Bertz CT molecular complexity index is 513. The van der Waals surface area contributed by atoms with E-state index in [1.165, 1.54) is 7.11 Å². The molecule has 1 fully saturated rings. The summed E-state index contributed by atoms with van der Waals surface area (Å²) in [6, 6.07) is 5.19. The third-order valence-electron chi connectivity index (χ3n) is 4.33. The minimum atomic E-state index is -0.850. The maximum Gasteiger partial charge on any atom is 0.306 e. The van der Waals surface area contributed by atoms with Gasteiger partial charge in [0.2, 0.25) is 0 Å². The molecule has 2 rings (SSSR count). The van der Waals surface area contributed by atoms with E-state index in [4.69, 9.17) is 9.47 Å². The SMILES string of the molecule is COc1ccc(C(O)C2CC(C)CC2C(=O)O)c(OC)c1. The summed E-state index contributed by atoms with van der Waals surface area (Å²) < 4.78 is 10.4. The topological polar surface area (TPSA) is 76.0 Å². The highest BCUT2D eigenvalue weighted by molar-refractivity contribution is 5.71. The summed E-state index contributed by atoms with van der Waals surface area (Å²) in [6.07, 6.45) is 0.458. The predicted octanol–water partition coefficient (Wildman–Crippen LogP) is 2.48. The van der Waals surface area contributed by atoms with Crippen LogP contribution in [-0.4, -0.2) is 30.4 Å². The van der Waals surface area contributed by atoms with Gasteiger partial charge < -0.3 is 19.7 Å². The summed E-state index contributed by atoms with van der Waals surface area (Å²) in [5, 5.41) is 20.0. The Morgan fingerprint density at radius 2 is 2.00 bits per heavy atom. The van der Waals surface area contributed by atoms with Crippen LogP contribution in [-0.2, 0) is 4.79 Å². The van der Waals surface area contributed by atoms with Crippen LogP contribution in [0.4, 0.5) is 0 Å². The summed E-state index contributed by atoms with van der Waals surface area (Å²) in [6.45, 7) is 2.02. The third kappa shape index (κ3) is 3.13. The molecule has 4 unspecified atom stereocenters. The van der Waals surface area contributed by atoms with Crippen LogP contribution >= 0.6 is 0 Å². The van der Waals surface area contributed by atoms with E-state index < -0.39 is 18.0 Å². The molecule has 2 N–H and O–H groups in total. The van der Waals surface area contributed by atoms with Gasteiger partial charge in [-0.15, -0.1) is 0 Å². The maximum atomic E-state index is 11.4. The smallest absolute Gasteiger partial charge is 0.306 e. The number of aliphatic hydroxyl groups excluding tert-OH is 1. The van der Waals surface area contributed by atoms with Crippen molar-refractivity contribution in [1.29, 1.82) is 0 Å². The molecule has 4 atom stereocenters. The molecule has 0 spiro atoms. The van der Waals surface area contributed by atoms with Gasteiger partial charge in [-0.1, -0.05) is 6.92 Å². The van der Waals surface area contributed by atoms with Crippen molar-refractivity contribution in [3.8, 4) is 11.5 Å². The number of aliphatic hydroxyl groups is 1. The number of aliphatic carboxylic acids is 1. The molecule has 0 radical (unpaired) electrons. The van der Waals surface area contributed by atoms with Crippen LogP contribution < -0.4 is 9.47 Å². The van der Waals surface area contributed by atoms with Gasteiger partial charge in [-0.05, 0) is 30.9 Å². The fraction of sp³-hybridized carbons (Fsp3) is 0.562. The second-order valence-electron chi connectivity index (χ2n) is 5.74. The second-order valence-corrected chi connectivity index (χ2v) is 5.74. The summed E-state index contributed by atoms with van der Waals surface area (Å²) in [5.74, 6) is -0.185. The molecule has 1 aromatic rings. The van der Waals surface area contributed by atoms with Crippen molar-refractivity contribution in [2.75, 3.05) is 14.2 Å². The molecular weight excluding hydrogens is 272 g/mol. The number of hydrogen-bond acceptors (Lipinski definition) is 4. The van der Waals surface area contributed by atoms with Gasteiger partial charge in [0.05, 0.1) is 26.2 Å². The number of methoxy groups -OCH3 is 2. The van der Waals surface area contributed by atoms with Crippen LogP contribution in [0, 0.1) is 17.8 Å². The van der Waals surface area contributed by atoms with E-state index in [0.29, 0.717) is 35.8 Å². The Kier molecular flexibility index (Phi) is 4.73. The molecule has 5 heteroatoms. The van der Waals surface area contributed by atoms with E-state index in [9.17, 15) is 15.0 Å². The van der Waals surface area contributed by atoms with E-state index in [0.717, 1.165) is 0 Å². The number of carboxylic acid groups (broad SMARTS) is 1. The summed E-state index contributed by atoms with van der Waals surface area (Å²) in [4.78, 5) is 11.4. The number of benzene rings is 1. The van der Waals surface area contributed by atoms with Gasteiger partial charge in [0, 0.05) is 17.5 Å². The van der Waals surface area contributed by atoms with Crippen LogP contribution in [0.2, 0.25) is 0 Å². The van der Waals surface area contributed by atoms with E-state index in [1.807, 2.05) is 6.92 Å². The molecule has 1 aliphatic carbocycles. The van der Waals surface area contributed by atoms with E-state index in [2.05, 4.69) is 0 Å². The van der Waals surface area contributed by atoms with Gasteiger partial charge in [-0.3, -0.25) is 4.79 Å². The van der Waals surface area contributed by atoms with Gasteiger partial charge in [0.1, 0.15) is 11.5 Å². The minimum absolute atomic E-state index is 0.292. The number of hydrogen-bond donors (Lipinski definition) is 2. The minimum Gasteiger partial charge on any atom is -0.497 e. The average molecular weight is 294 g/mol. The normalized spacial score (nSPS) is 26.4. The first-order valence-corrected chi connectivity index (χ1v) is 7.10. The maximum absolute atomic E-state index is 11.4. The zero-order valence-corrected chi connectivity index (χ0v) is 12.6. The van der Waals surface area contributed by atoms with Crippen molar-refractivity contribution in [3.63, 3.8) is 0 Å². The molecule has 1 aromatic carbocycles. The summed E-state index contributed by atoms with van der Waals surface area (Å²) in [7, 11) is 3.08. The van der Waals surface area contributed by atoms with Crippen molar-refractivity contribution < 1.29 is 24.5 Å². The first kappa shape index (κ1) is 15.6. The molecule has 1 saturated carbocycles. The van der Waals surface area contributed by atoms with Crippen LogP contribution in [0.1, 0.15) is 31.4 Å². The number of carboxylic acids is 1. The van der Waals surface area contributed by atoms with Crippen LogP contribution in [0.3, 0.4) is 0 Å². The first-order valence-electron chi connectivity index (χ1n) is 7.10. The zero-order chi connectivity index (χ0) is 15.6. The Hall–Kier alpha value is -1.75. The lowest BCUT2D eigenvalue weighted by Gasteiger charge is -2.24. The van der Waals surface area contributed by atoms with Crippen molar-refractivity contribution in [3.05, 3.63) is 23.8 Å². The number of carbonyl (C=O) groups is 1. The number of ether oxygens (including phenoxy) is 2. The van der Waals surface area contributed by atoms with E-state index in [-0.39, 0.29) is 5.92 Å². The zero-order valence-electron chi connectivity index (χ0n) is 12.6. The Morgan fingerprint density at radius 3 is 2.57 bits per heavy atom. The van der Waals surface area contributed by atoms with Crippen molar-refractivity contribution in [2.24, 2.45) is 17.8 Å². The highest BCUT2D eigenvalue weighted by Gasteiger charge is 2.42. The molecule has 0 bridgehead atoms. The first-order chi connectivity index (χ1) is 9.97. The largest absolute Gasteiger partial charge is 0.497 e. The van der Waals surface area contributed by atoms with Gasteiger partial charge in [0.25, 0.3) is 0 Å². The fourth-order valence-corrected chi connectivity index (χ4v) is 3.26. The monoisotopic (exact) mass is 294 g/mol. The lowest BCUT2D eigenvalue weighted by molar-refractivity contribution is -0.144. The lowest BCUT2D eigenvalue weighted by atomic mass is 9.86. The third-order valence-corrected chi connectivity index (χ3v) is 4.33. The quantitative estimate of drug-likeness (QED) is 0.872. The highest BCUT2D eigenvalue weighted by atomic mass is 16.5. The highest BCUT2D eigenvalue weighted by Crippen LogP contribution is 2.45. The molecule has 116 valence electrons. The molecule has 0 aromatic heterocycles.